The molecule has 0 amide bonds. The molecule has 76 valence electrons. The summed E-state index contributed by atoms with van der Waals surface area (Å²) < 4.78 is 13.7. The van der Waals surface area contributed by atoms with Crippen molar-refractivity contribution >= 4 is 0 Å². The SMILES string of the molecule is CC1c2cccc(F)c2C(C)(C)C1N. The van der Waals surface area contributed by atoms with Crippen LogP contribution in [-0.4, -0.2) is 6.04 Å². The predicted molar refractivity (Wildman–Crippen MR) is 55.8 cm³/mol. The third-order valence-corrected chi connectivity index (χ3v) is 3.55. The fourth-order valence-corrected chi connectivity index (χ4v) is 2.59. The van der Waals surface area contributed by atoms with Gasteiger partial charge in [0, 0.05) is 11.5 Å². The van der Waals surface area contributed by atoms with Crippen molar-refractivity contribution in [3.05, 3.63) is 35.1 Å². The first-order valence-electron chi connectivity index (χ1n) is 5.00. The Kier molecular flexibility index (Phi) is 1.93. The minimum atomic E-state index is -0.250. The molecule has 2 unspecified atom stereocenters. The van der Waals surface area contributed by atoms with Crippen LogP contribution in [-0.2, 0) is 5.41 Å². The standard InChI is InChI=1S/C12H16FN/c1-7-8-5-4-6-9(13)10(8)12(2,3)11(7)14/h4-7,11H,14H2,1-3H3. The van der Waals surface area contributed by atoms with Crippen LogP contribution in [0.5, 0.6) is 0 Å². The summed E-state index contributed by atoms with van der Waals surface area (Å²) in [4.78, 5) is 0. The minimum Gasteiger partial charge on any atom is -0.326 e. The number of rotatable bonds is 0. The van der Waals surface area contributed by atoms with Gasteiger partial charge in [-0.2, -0.15) is 0 Å². The summed E-state index contributed by atoms with van der Waals surface area (Å²) in [6.07, 6.45) is 0. The summed E-state index contributed by atoms with van der Waals surface area (Å²) in [5.41, 5.74) is 7.74. The lowest BCUT2D eigenvalue weighted by atomic mass is 9.82. The smallest absolute Gasteiger partial charge is 0.127 e. The summed E-state index contributed by atoms with van der Waals surface area (Å²) in [5.74, 6) is 0.128. The third-order valence-electron chi connectivity index (χ3n) is 3.55. The molecule has 14 heavy (non-hydrogen) atoms. The molecule has 2 heteroatoms. The zero-order valence-corrected chi connectivity index (χ0v) is 8.84. The Morgan fingerprint density at radius 3 is 2.57 bits per heavy atom. The van der Waals surface area contributed by atoms with E-state index in [-0.39, 0.29) is 23.2 Å². The van der Waals surface area contributed by atoms with Crippen LogP contribution in [0.2, 0.25) is 0 Å². The highest BCUT2D eigenvalue weighted by Crippen LogP contribution is 2.45. The molecule has 0 aromatic heterocycles. The second kappa shape index (κ2) is 2.80. The molecule has 0 bridgehead atoms. The van der Waals surface area contributed by atoms with Crippen LogP contribution >= 0.6 is 0 Å². The van der Waals surface area contributed by atoms with Gasteiger partial charge in [0.05, 0.1) is 0 Å². The first-order chi connectivity index (χ1) is 6.46. The first kappa shape index (κ1) is 9.66. The normalized spacial score (nSPS) is 28.9. The van der Waals surface area contributed by atoms with Crippen LogP contribution in [0.1, 0.15) is 37.8 Å². The van der Waals surface area contributed by atoms with Crippen molar-refractivity contribution in [1.29, 1.82) is 0 Å². The zero-order chi connectivity index (χ0) is 10.5. The molecule has 2 rings (SSSR count). The van der Waals surface area contributed by atoms with Crippen molar-refractivity contribution in [3.8, 4) is 0 Å². The molecule has 1 nitrogen and oxygen atoms in total. The molecule has 1 aromatic carbocycles. The van der Waals surface area contributed by atoms with E-state index in [1.54, 1.807) is 6.07 Å². The molecule has 0 spiro atoms. The van der Waals surface area contributed by atoms with Gasteiger partial charge >= 0.3 is 0 Å². The van der Waals surface area contributed by atoms with Crippen molar-refractivity contribution in [2.24, 2.45) is 5.73 Å². The van der Waals surface area contributed by atoms with E-state index in [4.69, 9.17) is 5.73 Å². The average Bonchev–Trinajstić information content (AvgIpc) is 2.29. The maximum atomic E-state index is 13.7. The van der Waals surface area contributed by atoms with Gasteiger partial charge in [-0.15, -0.1) is 0 Å². The molecule has 2 N–H and O–H groups in total. The van der Waals surface area contributed by atoms with Gasteiger partial charge in [0.15, 0.2) is 0 Å². The number of benzene rings is 1. The highest BCUT2D eigenvalue weighted by molar-refractivity contribution is 5.45. The summed E-state index contributed by atoms with van der Waals surface area (Å²) in [6.45, 7) is 6.10. The van der Waals surface area contributed by atoms with Crippen LogP contribution in [0.4, 0.5) is 4.39 Å². The number of nitrogens with two attached hydrogens (primary N) is 1. The van der Waals surface area contributed by atoms with Crippen LogP contribution in [0.3, 0.4) is 0 Å². The minimum absolute atomic E-state index is 0.00870. The molecule has 0 radical (unpaired) electrons. The van der Waals surface area contributed by atoms with E-state index in [0.717, 1.165) is 11.1 Å². The van der Waals surface area contributed by atoms with Crippen LogP contribution < -0.4 is 5.73 Å². The molecule has 1 aliphatic carbocycles. The van der Waals surface area contributed by atoms with Crippen molar-refractivity contribution in [2.45, 2.75) is 38.1 Å². The van der Waals surface area contributed by atoms with E-state index in [9.17, 15) is 4.39 Å². The Balaban J connectivity index is 2.69. The maximum absolute atomic E-state index is 13.7. The van der Waals surface area contributed by atoms with E-state index in [1.807, 2.05) is 19.9 Å². The Bertz CT molecular complexity index is 371. The van der Waals surface area contributed by atoms with Gasteiger partial charge in [0.1, 0.15) is 5.82 Å². The summed E-state index contributed by atoms with van der Waals surface area (Å²) in [7, 11) is 0. The molecule has 0 saturated carbocycles. The lowest BCUT2D eigenvalue weighted by Crippen LogP contribution is -2.39. The second-order valence-corrected chi connectivity index (χ2v) is 4.74. The largest absolute Gasteiger partial charge is 0.326 e. The second-order valence-electron chi connectivity index (χ2n) is 4.74. The average molecular weight is 193 g/mol. The molecular formula is C12H16FN. The Hall–Kier alpha value is -0.890. The number of fused-ring (bicyclic) bond motifs is 1. The maximum Gasteiger partial charge on any atom is 0.127 e. The fraction of sp³-hybridized carbons (Fsp3) is 0.500. The lowest BCUT2D eigenvalue weighted by molar-refractivity contribution is 0.398. The number of hydrogen-bond donors (Lipinski definition) is 1. The molecule has 0 heterocycles. The highest BCUT2D eigenvalue weighted by atomic mass is 19.1. The van der Waals surface area contributed by atoms with Crippen molar-refractivity contribution in [3.63, 3.8) is 0 Å². The van der Waals surface area contributed by atoms with Gasteiger partial charge in [-0.1, -0.05) is 32.9 Å². The van der Waals surface area contributed by atoms with Gasteiger partial charge in [0.2, 0.25) is 0 Å². The number of hydrogen-bond acceptors (Lipinski definition) is 1. The topological polar surface area (TPSA) is 26.0 Å². The summed E-state index contributed by atoms with van der Waals surface area (Å²) >= 11 is 0. The summed E-state index contributed by atoms with van der Waals surface area (Å²) in [5, 5.41) is 0. The molecule has 1 aliphatic rings. The first-order valence-corrected chi connectivity index (χ1v) is 5.00. The Labute approximate surface area is 84.1 Å². The van der Waals surface area contributed by atoms with Gasteiger partial charge in [-0.05, 0) is 23.1 Å². The van der Waals surface area contributed by atoms with Crippen molar-refractivity contribution in [1.82, 2.24) is 0 Å². The van der Waals surface area contributed by atoms with E-state index in [0.29, 0.717) is 0 Å². The molecule has 0 aliphatic heterocycles. The van der Waals surface area contributed by atoms with Gasteiger partial charge in [0.25, 0.3) is 0 Å². The van der Waals surface area contributed by atoms with Gasteiger partial charge in [-0.25, -0.2) is 4.39 Å². The van der Waals surface area contributed by atoms with Gasteiger partial charge < -0.3 is 5.73 Å². The monoisotopic (exact) mass is 193 g/mol. The van der Waals surface area contributed by atoms with E-state index < -0.39 is 0 Å². The highest BCUT2D eigenvalue weighted by Gasteiger charge is 2.43. The number of halogens is 1. The molecule has 2 atom stereocenters. The molecular weight excluding hydrogens is 177 g/mol. The van der Waals surface area contributed by atoms with Crippen LogP contribution in [0.25, 0.3) is 0 Å². The van der Waals surface area contributed by atoms with E-state index in [2.05, 4.69) is 6.92 Å². The molecule has 0 fully saturated rings. The Morgan fingerprint density at radius 1 is 1.36 bits per heavy atom. The van der Waals surface area contributed by atoms with Crippen LogP contribution in [0.15, 0.2) is 18.2 Å². The quantitative estimate of drug-likeness (QED) is 0.673. The van der Waals surface area contributed by atoms with Crippen LogP contribution in [0, 0.1) is 5.82 Å². The van der Waals surface area contributed by atoms with E-state index >= 15 is 0 Å². The van der Waals surface area contributed by atoms with E-state index in [1.165, 1.54) is 6.07 Å². The van der Waals surface area contributed by atoms with Crippen molar-refractivity contribution < 1.29 is 4.39 Å². The van der Waals surface area contributed by atoms with Gasteiger partial charge in [-0.3, -0.25) is 0 Å². The third kappa shape index (κ3) is 1.04. The summed E-state index contributed by atoms with van der Waals surface area (Å²) in [6, 6.07) is 5.27. The Morgan fingerprint density at radius 2 is 2.00 bits per heavy atom. The zero-order valence-electron chi connectivity index (χ0n) is 8.84. The molecule has 1 aromatic rings. The lowest BCUT2D eigenvalue weighted by Gasteiger charge is -2.26. The predicted octanol–water partition coefficient (Wildman–Crippen LogP) is 2.55. The molecule has 0 saturated heterocycles. The fourth-order valence-electron chi connectivity index (χ4n) is 2.59. The van der Waals surface area contributed by atoms with Crippen molar-refractivity contribution in [2.75, 3.05) is 0 Å².